The molecule has 1 saturated carbocycles. The van der Waals surface area contributed by atoms with Crippen LogP contribution in [-0.4, -0.2) is 67.6 Å². The van der Waals surface area contributed by atoms with E-state index in [0.717, 1.165) is 32.4 Å². The van der Waals surface area contributed by atoms with Crippen molar-refractivity contribution < 1.29 is 4.79 Å². The molecule has 2 aliphatic rings. The van der Waals surface area contributed by atoms with Gasteiger partial charge >= 0.3 is 0 Å². The number of carbonyl (C=O) groups is 1. The van der Waals surface area contributed by atoms with Crippen LogP contribution in [0.4, 0.5) is 0 Å². The van der Waals surface area contributed by atoms with Crippen molar-refractivity contribution in [2.75, 3.05) is 34.2 Å². The Hall–Kier alpha value is -0.650. The average Bonchev–Trinajstić information content (AvgIpc) is 2.88. The van der Waals surface area contributed by atoms with Crippen molar-refractivity contribution in [1.82, 2.24) is 15.1 Å². The first-order valence-corrected chi connectivity index (χ1v) is 7.38. The Bertz CT molecular complexity index is 333. The Labute approximate surface area is 116 Å². The first-order valence-electron chi connectivity index (χ1n) is 7.38. The van der Waals surface area contributed by atoms with Gasteiger partial charge in [-0.2, -0.15) is 0 Å². The van der Waals surface area contributed by atoms with Gasteiger partial charge in [-0.15, -0.1) is 0 Å². The van der Waals surface area contributed by atoms with Gasteiger partial charge in [0.15, 0.2) is 0 Å². The maximum atomic E-state index is 11.8. The predicted molar refractivity (Wildman–Crippen MR) is 76.9 cm³/mol. The second-order valence-corrected chi connectivity index (χ2v) is 6.35. The minimum Gasteiger partial charge on any atom is -0.368 e. The van der Waals surface area contributed by atoms with Crippen molar-refractivity contribution in [3.8, 4) is 0 Å². The van der Waals surface area contributed by atoms with Crippen LogP contribution in [0, 0.1) is 0 Å². The van der Waals surface area contributed by atoms with Crippen LogP contribution in [0.3, 0.4) is 0 Å². The number of hydrogen-bond donors (Lipinski definition) is 2. The molecule has 5 heteroatoms. The molecule has 5 nitrogen and oxygen atoms in total. The van der Waals surface area contributed by atoms with Crippen molar-refractivity contribution in [3.63, 3.8) is 0 Å². The van der Waals surface area contributed by atoms with E-state index in [-0.39, 0.29) is 5.91 Å². The molecule has 1 amide bonds. The summed E-state index contributed by atoms with van der Waals surface area (Å²) in [6.45, 7) is 2.27. The summed E-state index contributed by atoms with van der Waals surface area (Å²) < 4.78 is 0. The van der Waals surface area contributed by atoms with Crippen LogP contribution >= 0.6 is 0 Å². The lowest BCUT2D eigenvalue weighted by molar-refractivity contribution is -0.126. The predicted octanol–water partition coefficient (Wildman–Crippen LogP) is 0.00840. The van der Waals surface area contributed by atoms with Crippen LogP contribution in [-0.2, 0) is 4.79 Å². The van der Waals surface area contributed by atoms with Gasteiger partial charge in [-0.25, -0.2) is 0 Å². The van der Waals surface area contributed by atoms with Gasteiger partial charge in [0.2, 0.25) is 5.91 Å². The third-order valence-electron chi connectivity index (χ3n) is 5.12. The number of nitrogens with zero attached hydrogens (tertiary/aromatic N) is 2. The fourth-order valence-electron chi connectivity index (χ4n) is 3.65. The van der Waals surface area contributed by atoms with E-state index in [4.69, 9.17) is 5.73 Å². The fourth-order valence-corrected chi connectivity index (χ4v) is 3.65. The minimum absolute atomic E-state index is 0.192. The number of amides is 1. The van der Waals surface area contributed by atoms with E-state index in [1.807, 2.05) is 7.05 Å². The SMILES string of the molecule is CNC1(C(N)=O)CCCC(N2CCC(N(C)C)C2)C1. The van der Waals surface area contributed by atoms with Crippen molar-refractivity contribution in [2.45, 2.75) is 49.7 Å². The summed E-state index contributed by atoms with van der Waals surface area (Å²) in [7, 11) is 6.16. The number of likely N-dealkylation sites (tertiary alicyclic amines) is 1. The highest BCUT2D eigenvalue weighted by Crippen LogP contribution is 2.33. The van der Waals surface area contributed by atoms with Crippen molar-refractivity contribution in [2.24, 2.45) is 5.73 Å². The van der Waals surface area contributed by atoms with Crippen LogP contribution < -0.4 is 11.1 Å². The van der Waals surface area contributed by atoms with Crippen LogP contribution in [0.5, 0.6) is 0 Å². The van der Waals surface area contributed by atoms with E-state index in [2.05, 4.69) is 29.2 Å². The van der Waals surface area contributed by atoms with Gasteiger partial charge in [-0.05, 0) is 53.2 Å². The maximum Gasteiger partial charge on any atom is 0.237 e. The number of nitrogens with two attached hydrogens (primary N) is 1. The zero-order chi connectivity index (χ0) is 14.0. The summed E-state index contributed by atoms with van der Waals surface area (Å²) >= 11 is 0. The third kappa shape index (κ3) is 2.93. The summed E-state index contributed by atoms with van der Waals surface area (Å²) in [4.78, 5) is 16.6. The van der Waals surface area contributed by atoms with Crippen LogP contribution in [0.1, 0.15) is 32.1 Å². The number of hydrogen-bond acceptors (Lipinski definition) is 4. The van der Waals surface area contributed by atoms with E-state index in [9.17, 15) is 4.79 Å². The van der Waals surface area contributed by atoms with Crippen molar-refractivity contribution >= 4 is 5.91 Å². The molecule has 2 rings (SSSR count). The van der Waals surface area contributed by atoms with Gasteiger partial charge in [-0.1, -0.05) is 0 Å². The van der Waals surface area contributed by atoms with Crippen LogP contribution in [0.2, 0.25) is 0 Å². The lowest BCUT2D eigenvalue weighted by atomic mass is 9.78. The summed E-state index contributed by atoms with van der Waals surface area (Å²) in [6, 6.07) is 1.15. The second kappa shape index (κ2) is 5.77. The minimum atomic E-state index is -0.487. The topological polar surface area (TPSA) is 61.6 Å². The van der Waals surface area contributed by atoms with E-state index in [0.29, 0.717) is 12.1 Å². The molecule has 0 aromatic carbocycles. The first-order chi connectivity index (χ1) is 8.98. The molecule has 3 unspecified atom stereocenters. The smallest absolute Gasteiger partial charge is 0.237 e. The monoisotopic (exact) mass is 268 g/mol. The van der Waals surface area contributed by atoms with Gasteiger partial charge in [-0.3, -0.25) is 9.69 Å². The molecule has 3 N–H and O–H groups in total. The highest BCUT2D eigenvalue weighted by atomic mass is 16.1. The number of primary amides is 1. The number of rotatable bonds is 4. The maximum absolute atomic E-state index is 11.8. The summed E-state index contributed by atoms with van der Waals surface area (Å²) in [6.07, 6.45) is 5.24. The molecule has 3 atom stereocenters. The van der Waals surface area contributed by atoms with E-state index < -0.39 is 5.54 Å². The molecule has 0 bridgehead atoms. The van der Waals surface area contributed by atoms with Gasteiger partial charge < -0.3 is 16.0 Å². The molecule has 1 heterocycles. The van der Waals surface area contributed by atoms with Crippen LogP contribution in [0.25, 0.3) is 0 Å². The summed E-state index contributed by atoms with van der Waals surface area (Å²) in [5.74, 6) is -0.192. The Balaban J connectivity index is 2.00. The molecule has 19 heavy (non-hydrogen) atoms. The molecule has 0 radical (unpaired) electrons. The van der Waals surface area contributed by atoms with Gasteiger partial charge in [0, 0.05) is 25.2 Å². The Kier molecular flexibility index (Phi) is 4.48. The fraction of sp³-hybridized carbons (Fsp3) is 0.929. The number of nitrogens with one attached hydrogen (secondary N) is 1. The zero-order valence-electron chi connectivity index (χ0n) is 12.5. The van der Waals surface area contributed by atoms with Gasteiger partial charge in [0.25, 0.3) is 0 Å². The largest absolute Gasteiger partial charge is 0.368 e. The van der Waals surface area contributed by atoms with Crippen molar-refractivity contribution in [1.29, 1.82) is 0 Å². The Morgan fingerprint density at radius 2 is 2.16 bits per heavy atom. The highest BCUT2D eigenvalue weighted by Gasteiger charge is 2.43. The molecule has 1 saturated heterocycles. The first kappa shape index (κ1) is 14.8. The second-order valence-electron chi connectivity index (χ2n) is 6.35. The molecule has 1 aliphatic heterocycles. The third-order valence-corrected chi connectivity index (χ3v) is 5.12. The molecule has 0 aromatic rings. The quantitative estimate of drug-likeness (QED) is 0.754. The standard InChI is InChI=1S/C14H28N4O/c1-16-14(13(15)19)7-4-5-11(9-14)18-8-6-12(10-18)17(2)3/h11-12,16H,4-10H2,1-3H3,(H2,15,19). The normalized spacial score (nSPS) is 36.8. The van der Waals surface area contributed by atoms with E-state index in [1.54, 1.807) is 0 Å². The lowest BCUT2D eigenvalue weighted by Crippen LogP contribution is -2.59. The molecular weight excluding hydrogens is 240 g/mol. The van der Waals surface area contributed by atoms with E-state index in [1.165, 1.54) is 12.8 Å². The molecule has 0 aromatic heterocycles. The molecular formula is C14H28N4O. The van der Waals surface area contributed by atoms with Crippen LogP contribution in [0.15, 0.2) is 0 Å². The number of carbonyl (C=O) groups excluding carboxylic acids is 1. The summed E-state index contributed by atoms with van der Waals surface area (Å²) in [5, 5.41) is 3.19. The van der Waals surface area contributed by atoms with Gasteiger partial charge in [0.05, 0.1) is 5.54 Å². The highest BCUT2D eigenvalue weighted by molar-refractivity contribution is 5.84. The van der Waals surface area contributed by atoms with Gasteiger partial charge in [0.1, 0.15) is 0 Å². The lowest BCUT2D eigenvalue weighted by Gasteiger charge is -2.42. The van der Waals surface area contributed by atoms with E-state index >= 15 is 0 Å². The summed E-state index contributed by atoms with van der Waals surface area (Å²) in [5.41, 5.74) is 5.13. The molecule has 2 fully saturated rings. The van der Waals surface area contributed by atoms with Crippen molar-refractivity contribution in [3.05, 3.63) is 0 Å². The molecule has 0 spiro atoms. The Morgan fingerprint density at radius 3 is 2.68 bits per heavy atom. The molecule has 1 aliphatic carbocycles. The molecule has 110 valence electrons. The Morgan fingerprint density at radius 1 is 1.42 bits per heavy atom. The number of likely N-dealkylation sites (N-methyl/N-ethyl adjacent to an activating group) is 2. The zero-order valence-corrected chi connectivity index (χ0v) is 12.5. The average molecular weight is 268 g/mol.